The van der Waals surface area contributed by atoms with Gasteiger partial charge in [-0.3, -0.25) is 9.69 Å². The number of aryl methyl sites for hydroxylation is 1. The maximum atomic E-state index is 11.5. The maximum absolute atomic E-state index is 11.5. The van der Waals surface area contributed by atoms with Crippen molar-refractivity contribution in [2.45, 2.75) is 31.8 Å². The van der Waals surface area contributed by atoms with E-state index < -0.39 is 0 Å². The molecule has 2 rings (SSSR count). The summed E-state index contributed by atoms with van der Waals surface area (Å²) in [7, 11) is 0. The van der Waals surface area contributed by atoms with Gasteiger partial charge in [0.25, 0.3) is 0 Å². The molecule has 2 atom stereocenters. The van der Waals surface area contributed by atoms with Crippen LogP contribution in [0.2, 0.25) is 0 Å². The molecular weight excluding hydrogens is 226 g/mol. The number of hydrogen-bond donors (Lipinski definition) is 2. The zero-order chi connectivity index (χ0) is 13.1. The molecule has 0 saturated carbocycles. The Balaban J connectivity index is 2.29. The molecule has 0 aromatic heterocycles. The van der Waals surface area contributed by atoms with Crippen LogP contribution < -0.4 is 11.5 Å². The molecule has 1 amide bonds. The lowest BCUT2D eigenvalue weighted by molar-refractivity contribution is -0.122. The third-order valence-electron chi connectivity index (χ3n) is 3.79. The van der Waals surface area contributed by atoms with Gasteiger partial charge in [0.05, 0.1) is 6.04 Å². The second-order valence-corrected chi connectivity index (χ2v) is 4.91. The number of carbonyl (C=O) groups is 1. The summed E-state index contributed by atoms with van der Waals surface area (Å²) >= 11 is 0. The molecule has 1 heterocycles. The van der Waals surface area contributed by atoms with E-state index in [9.17, 15) is 4.79 Å². The van der Waals surface area contributed by atoms with Crippen molar-refractivity contribution in [1.29, 1.82) is 0 Å². The van der Waals surface area contributed by atoms with Crippen LogP contribution in [0.15, 0.2) is 24.3 Å². The summed E-state index contributed by atoms with van der Waals surface area (Å²) in [5, 5.41) is 0. The van der Waals surface area contributed by atoms with Gasteiger partial charge in [-0.15, -0.1) is 0 Å². The highest BCUT2D eigenvalue weighted by Crippen LogP contribution is 2.30. The molecule has 98 valence electrons. The number of rotatable bonds is 4. The average molecular weight is 247 g/mol. The van der Waals surface area contributed by atoms with Gasteiger partial charge in [0.15, 0.2) is 0 Å². The summed E-state index contributed by atoms with van der Waals surface area (Å²) in [6, 6.07) is 8.11. The van der Waals surface area contributed by atoms with E-state index >= 15 is 0 Å². The van der Waals surface area contributed by atoms with Crippen LogP contribution in [0.1, 0.15) is 30.0 Å². The second kappa shape index (κ2) is 5.50. The van der Waals surface area contributed by atoms with Crippen LogP contribution in [0.5, 0.6) is 0 Å². The molecule has 4 heteroatoms. The molecule has 1 aliphatic heterocycles. The topological polar surface area (TPSA) is 72.3 Å². The van der Waals surface area contributed by atoms with E-state index in [4.69, 9.17) is 11.5 Å². The van der Waals surface area contributed by atoms with Crippen molar-refractivity contribution in [1.82, 2.24) is 4.90 Å². The molecule has 0 aliphatic carbocycles. The Labute approximate surface area is 108 Å². The van der Waals surface area contributed by atoms with Crippen molar-refractivity contribution < 1.29 is 4.79 Å². The molecule has 0 bridgehead atoms. The summed E-state index contributed by atoms with van der Waals surface area (Å²) in [5.74, 6) is -0.237. The first-order valence-corrected chi connectivity index (χ1v) is 6.45. The molecule has 4 nitrogen and oxygen atoms in total. The SMILES string of the molecule is Cc1ccccc1C(CN)N1CCCC1C(N)=O. The number of hydrogen-bond acceptors (Lipinski definition) is 3. The number of benzene rings is 1. The first-order chi connectivity index (χ1) is 8.65. The Hall–Kier alpha value is -1.39. The molecular formula is C14H21N3O. The van der Waals surface area contributed by atoms with Crippen LogP contribution in [0.3, 0.4) is 0 Å². The molecule has 18 heavy (non-hydrogen) atoms. The number of carbonyl (C=O) groups excluding carboxylic acids is 1. The van der Waals surface area contributed by atoms with Gasteiger partial charge in [0.2, 0.25) is 5.91 Å². The minimum Gasteiger partial charge on any atom is -0.368 e. The van der Waals surface area contributed by atoms with Crippen LogP contribution in [-0.2, 0) is 4.79 Å². The van der Waals surface area contributed by atoms with Gasteiger partial charge in [-0.1, -0.05) is 24.3 Å². The smallest absolute Gasteiger partial charge is 0.234 e. The van der Waals surface area contributed by atoms with Crippen LogP contribution in [0.25, 0.3) is 0 Å². The van der Waals surface area contributed by atoms with Gasteiger partial charge in [0.1, 0.15) is 0 Å². The summed E-state index contributed by atoms with van der Waals surface area (Å²) < 4.78 is 0. The lowest BCUT2D eigenvalue weighted by atomic mass is 9.99. The zero-order valence-corrected chi connectivity index (χ0v) is 10.8. The second-order valence-electron chi connectivity index (χ2n) is 4.91. The van der Waals surface area contributed by atoms with Gasteiger partial charge in [0, 0.05) is 12.6 Å². The van der Waals surface area contributed by atoms with Crippen LogP contribution >= 0.6 is 0 Å². The standard InChI is InChI=1S/C14H21N3O/c1-10-5-2-3-6-11(10)13(9-15)17-8-4-7-12(17)14(16)18/h2-3,5-6,12-13H,4,7-9,15H2,1H3,(H2,16,18). The fraction of sp³-hybridized carbons (Fsp3) is 0.500. The van der Waals surface area contributed by atoms with Crippen molar-refractivity contribution in [3.63, 3.8) is 0 Å². The highest BCUT2D eigenvalue weighted by Gasteiger charge is 2.34. The van der Waals surface area contributed by atoms with Crippen LogP contribution in [0.4, 0.5) is 0 Å². The van der Waals surface area contributed by atoms with Crippen LogP contribution in [-0.4, -0.2) is 29.9 Å². The van der Waals surface area contributed by atoms with E-state index in [1.807, 2.05) is 12.1 Å². The molecule has 0 radical (unpaired) electrons. The zero-order valence-electron chi connectivity index (χ0n) is 10.8. The first-order valence-electron chi connectivity index (χ1n) is 6.45. The van der Waals surface area contributed by atoms with Crippen molar-refractivity contribution in [2.75, 3.05) is 13.1 Å². The molecule has 1 fully saturated rings. The molecule has 1 saturated heterocycles. The monoisotopic (exact) mass is 247 g/mol. The number of nitrogens with zero attached hydrogens (tertiary/aromatic N) is 1. The predicted octanol–water partition coefficient (Wildman–Crippen LogP) is 0.945. The lowest BCUT2D eigenvalue weighted by Crippen LogP contribution is -2.44. The highest BCUT2D eigenvalue weighted by molar-refractivity contribution is 5.80. The van der Waals surface area contributed by atoms with E-state index in [0.29, 0.717) is 6.54 Å². The minimum atomic E-state index is -0.237. The van der Waals surface area contributed by atoms with Crippen molar-refractivity contribution >= 4 is 5.91 Å². The Kier molecular flexibility index (Phi) is 3.99. The third kappa shape index (κ3) is 2.40. The summed E-state index contributed by atoms with van der Waals surface area (Å²) in [6.45, 7) is 3.48. The van der Waals surface area contributed by atoms with Crippen molar-refractivity contribution in [3.8, 4) is 0 Å². The molecule has 0 spiro atoms. The summed E-state index contributed by atoms with van der Waals surface area (Å²) in [5.41, 5.74) is 13.8. The molecule has 1 aliphatic rings. The normalized spacial score (nSPS) is 22.0. The van der Waals surface area contributed by atoms with Crippen LogP contribution in [0, 0.1) is 6.92 Å². The number of amides is 1. The Morgan fingerprint density at radius 3 is 2.83 bits per heavy atom. The minimum absolute atomic E-state index is 0.0891. The molecule has 1 aromatic rings. The Morgan fingerprint density at radius 2 is 2.22 bits per heavy atom. The van der Waals surface area contributed by atoms with Crippen molar-refractivity contribution in [3.05, 3.63) is 35.4 Å². The quantitative estimate of drug-likeness (QED) is 0.832. The predicted molar refractivity (Wildman–Crippen MR) is 71.9 cm³/mol. The van der Waals surface area contributed by atoms with Gasteiger partial charge in [-0.25, -0.2) is 0 Å². The third-order valence-corrected chi connectivity index (χ3v) is 3.79. The Morgan fingerprint density at radius 1 is 1.50 bits per heavy atom. The molecule has 4 N–H and O–H groups in total. The van der Waals surface area contributed by atoms with E-state index in [1.54, 1.807) is 0 Å². The summed E-state index contributed by atoms with van der Waals surface area (Å²) in [4.78, 5) is 13.6. The van der Waals surface area contributed by atoms with Gasteiger partial charge < -0.3 is 11.5 Å². The number of likely N-dealkylation sites (tertiary alicyclic amines) is 1. The van der Waals surface area contributed by atoms with E-state index in [1.165, 1.54) is 11.1 Å². The van der Waals surface area contributed by atoms with E-state index in [-0.39, 0.29) is 18.0 Å². The van der Waals surface area contributed by atoms with Gasteiger partial charge in [-0.2, -0.15) is 0 Å². The highest BCUT2D eigenvalue weighted by atomic mass is 16.1. The Bertz CT molecular complexity index is 433. The van der Waals surface area contributed by atoms with E-state index in [2.05, 4.69) is 24.0 Å². The maximum Gasteiger partial charge on any atom is 0.234 e. The molecule has 1 aromatic carbocycles. The fourth-order valence-electron chi connectivity index (χ4n) is 2.87. The van der Waals surface area contributed by atoms with Crippen molar-refractivity contribution in [2.24, 2.45) is 11.5 Å². The number of primary amides is 1. The van der Waals surface area contributed by atoms with Gasteiger partial charge >= 0.3 is 0 Å². The number of nitrogens with two attached hydrogens (primary N) is 2. The van der Waals surface area contributed by atoms with Gasteiger partial charge in [-0.05, 0) is 37.4 Å². The largest absolute Gasteiger partial charge is 0.368 e. The lowest BCUT2D eigenvalue weighted by Gasteiger charge is -2.32. The molecule has 2 unspecified atom stereocenters. The van der Waals surface area contributed by atoms with E-state index in [0.717, 1.165) is 19.4 Å². The fourth-order valence-corrected chi connectivity index (χ4v) is 2.87. The first kappa shape index (κ1) is 13.1. The summed E-state index contributed by atoms with van der Waals surface area (Å²) in [6.07, 6.45) is 1.85. The average Bonchev–Trinajstić information content (AvgIpc) is 2.82.